The van der Waals surface area contributed by atoms with Gasteiger partial charge in [0.1, 0.15) is 5.56 Å². The summed E-state index contributed by atoms with van der Waals surface area (Å²) < 4.78 is 0. The molecule has 4 nitrogen and oxygen atoms in total. The van der Waals surface area contributed by atoms with Crippen LogP contribution in [0.3, 0.4) is 0 Å². The topological polar surface area (TPSA) is 70.2 Å². The van der Waals surface area contributed by atoms with Crippen LogP contribution in [0.4, 0.5) is 0 Å². The van der Waals surface area contributed by atoms with Gasteiger partial charge in [-0.25, -0.2) is 4.79 Å². The fraction of sp³-hybridized carbons (Fsp3) is 0.167. The number of rotatable bonds is 1. The second-order valence-corrected chi connectivity index (χ2v) is 3.79. The summed E-state index contributed by atoms with van der Waals surface area (Å²) in [6, 6.07) is 5.11. The predicted octanol–water partition coefficient (Wildman–Crippen LogP) is 1.84. The van der Waals surface area contributed by atoms with Gasteiger partial charge in [-0.15, -0.1) is 0 Å². The molecule has 0 aliphatic rings. The lowest BCUT2D eigenvalue weighted by Crippen LogP contribution is -2.17. The van der Waals surface area contributed by atoms with Crippen LogP contribution >= 0.6 is 0 Å². The maximum absolute atomic E-state index is 11.4. The fourth-order valence-corrected chi connectivity index (χ4v) is 1.69. The van der Waals surface area contributed by atoms with Crippen molar-refractivity contribution < 1.29 is 9.90 Å². The summed E-state index contributed by atoms with van der Waals surface area (Å²) in [5, 5.41) is 9.64. The van der Waals surface area contributed by atoms with Gasteiger partial charge in [-0.05, 0) is 37.1 Å². The second-order valence-electron chi connectivity index (χ2n) is 3.79. The van der Waals surface area contributed by atoms with Crippen LogP contribution in [0.25, 0.3) is 10.9 Å². The Morgan fingerprint density at radius 3 is 2.62 bits per heavy atom. The Bertz CT molecular complexity index is 640. The van der Waals surface area contributed by atoms with E-state index in [2.05, 4.69) is 4.98 Å². The number of aryl methyl sites for hydroxylation is 2. The summed E-state index contributed by atoms with van der Waals surface area (Å²) in [4.78, 5) is 24.8. The maximum atomic E-state index is 11.4. The number of hydrogen-bond acceptors (Lipinski definition) is 2. The Kier molecular flexibility index (Phi) is 2.27. The molecule has 0 aliphatic heterocycles. The zero-order chi connectivity index (χ0) is 11.9. The van der Waals surface area contributed by atoms with Gasteiger partial charge in [0, 0.05) is 10.9 Å². The molecular formula is C12H11NO3. The normalized spacial score (nSPS) is 10.6. The van der Waals surface area contributed by atoms with E-state index in [-0.39, 0.29) is 5.56 Å². The molecule has 1 aromatic heterocycles. The average Bonchev–Trinajstić information content (AvgIpc) is 2.23. The molecule has 0 fully saturated rings. The minimum Gasteiger partial charge on any atom is -0.477 e. The van der Waals surface area contributed by atoms with E-state index in [1.165, 1.54) is 6.07 Å². The van der Waals surface area contributed by atoms with Crippen LogP contribution in [0.2, 0.25) is 0 Å². The number of fused-ring (bicyclic) bond motifs is 1. The lowest BCUT2D eigenvalue weighted by molar-refractivity contribution is 0.0695. The molecule has 0 saturated carbocycles. The Balaban J connectivity index is 2.92. The lowest BCUT2D eigenvalue weighted by Gasteiger charge is -2.06. The number of aromatic carboxylic acids is 1. The zero-order valence-electron chi connectivity index (χ0n) is 9.00. The van der Waals surface area contributed by atoms with Crippen molar-refractivity contribution in [2.75, 3.05) is 0 Å². The van der Waals surface area contributed by atoms with Crippen molar-refractivity contribution in [2.24, 2.45) is 0 Å². The third-order valence-electron chi connectivity index (χ3n) is 2.80. The third-order valence-corrected chi connectivity index (χ3v) is 2.80. The summed E-state index contributed by atoms with van der Waals surface area (Å²) in [6.45, 7) is 3.85. The smallest absolute Gasteiger partial charge is 0.341 e. The number of carbonyl (C=O) groups is 1. The summed E-state index contributed by atoms with van der Waals surface area (Å²) in [7, 11) is 0. The highest BCUT2D eigenvalue weighted by Gasteiger charge is 2.11. The molecule has 1 aromatic carbocycles. The van der Waals surface area contributed by atoms with Gasteiger partial charge >= 0.3 is 5.97 Å². The van der Waals surface area contributed by atoms with Crippen molar-refractivity contribution in [3.63, 3.8) is 0 Å². The molecule has 16 heavy (non-hydrogen) atoms. The highest BCUT2D eigenvalue weighted by Crippen LogP contribution is 2.19. The van der Waals surface area contributed by atoms with E-state index >= 15 is 0 Å². The molecule has 0 unspecified atom stereocenters. The van der Waals surface area contributed by atoms with Gasteiger partial charge in [-0.1, -0.05) is 6.07 Å². The number of nitrogens with one attached hydrogen (secondary N) is 1. The average molecular weight is 217 g/mol. The van der Waals surface area contributed by atoms with E-state index in [1.807, 2.05) is 19.9 Å². The Morgan fingerprint density at radius 2 is 2.00 bits per heavy atom. The largest absolute Gasteiger partial charge is 0.477 e. The molecule has 0 atom stereocenters. The number of benzene rings is 1. The van der Waals surface area contributed by atoms with E-state index in [1.54, 1.807) is 6.07 Å². The molecule has 2 aromatic rings. The van der Waals surface area contributed by atoms with E-state index < -0.39 is 11.5 Å². The minimum absolute atomic E-state index is 0.221. The first kappa shape index (κ1) is 10.4. The fourth-order valence-electron chi connectivity index (χ4n) is 1.69. The first-order valence-electron chi connectivity index (χ1n) is 4.87. The molecular weight excluding hydrogens is 206 g/mol. The van der Waals surface area contributed by atoms with Gasteiger partial charge in [0.15, 0.2) is 0 Å². The quantitative estimate of drug-likeness (QED) is 0.765. The van der Waals surface area contributed by atoms with Crippen LogP contribution in [0.1, 0.15) is 21.5 Å². The van der Waals surface area contributed by atoms with Gasteiger partial charge in [-0.2, -0.15) is 0 Å². The summed E-state index contributed by atoms with van der Waals surface area (Å²) in [5.41, 5.74) is 1.93. The predicted molar refractivity (Wildman–Crippen MR) is 61.0 cm³/mol. The van der Waals surface area contributed by atoms with Crippen molar-refractivity contribution in [1.29, 1.82) is 0 Å². The number of aromatic nitrogens is 1. The second kappa shape index (κ2) is 3.48. The number of pyridine rings is 1. The van der Waals surface area contributed by atoms with E-state index in [0.29, 0.717) is 5.52 Å². The van der Waals surface area contributed by atoms with Crippen molar-refractivity contribution >= 4 is 16.9 Å². The molecule has 2 rings (SSSR count). The minimum atomic E-state index is -1.20. The molecule has 2 N–H and O–H groups in total. The highest BCUT2D eigenvalue weighted by molar-refractivity contribution is 5.93. The van der Waals surface area contributed by atoms with Crippen LogP contribution in [0.5, 0.6) is 0 Å². The summed E-state index contributed by atoms with van der Waals surface area (Å²) >= 11 is 0. The standard InChI is InChI=1S/C12H11NO3/c1-6-3-4-10-8(7(6)2)5-9(12(15)16)11(14)13-10/h3-5H,1-2H3,(H,13,14)(H,15,16). The molecule has 0 aliphatic carbocycles. The van der Waals surface area contributed by atoms with Crippen LogP contribution < -0.4 is 5.56 Å². The van der Waals surface area contributed by atoms with Crippen molar-refractivity contribution in [2.45, 2.75) is 13.8 Å². The van der Waals surface area contributed by atoms with Gasteiger partial charge in [0.2, 0.25) is 0 Å². The summed E-state index contributed by atoms with van der Waals surface area (Å²) in [6.07, 6.45) is 0. The number of H-pyrrole nitrogens is 1. The van der Waals surface area contributed by atoms with Crippen LogP contribution in [0, 0.1) is 13.8 Å². The number of carboxylic acids is 1. The Labute approximate surface area is 91.5 Å². The molecule has 0 saturated heterocycles. The lowest BCUT2D eigenvalue weighted by atomic mass is 10.0. The number of hydrogen-bond donors (Lipinski definition) is 2. The first-order chi connectivity index (χ1) is 7.50. The summed E-state index contributed by atoms with van der Waals surface area (Å²) in [5.74, 6) is -1.20. The Hall–Kier alpha value is -2.10. The van der Waals surface area contributed by atoms with Crippen LogP contribution in [-0.2, 0) is 0 Å². The molecule has 1 heterocycles. The maximum Gasteiger partial charge on any atom is 0.341 e. The van der Waals surface area contributed by atoms with E-state index in [9.17, 15) is 9.59 Å². The molecule has 0 spiro atoms. The van der Waals surface area contributed by atoms with Gasteiger partial charge in [0.05, 0.1) is 0 Å². The molecule has 0 radical (unpaired) electrons. The molecule has 0 bridgehead atoms. The highest BCUT2D eigenvalue weighted by atomic mass is 16.4. The van der Waals surface area contributed by atoms with Crippen LogP contribution in [-0.4, -0.2) is 16.1 Å². The third kappa shape index (κ3) is 1.48. The molecule has 0 amide bonds. The van der Waals surface area contributed by atoms with Gasteiger partial charge in [-0.3, -0.25) is 4.79 Å². The van der Waals surface area contributed by atoms with Gasteiger partial charge < -0.3 is 10.1 Å². The van der Waals surface area contributed by atoms with Crippen LogP contribution in [0.15, 0.2) is 23.0 Å². The van der Waals surface area contributed by atoms with Crippen molar-refractivity contribution in [1.82, 2.24) is 4.98 Å². The van der Waals surface area contributed by atoms with Crippen molar-refractivity contribution in [3.05, 3.63) is 45.2 Å². The number of carboxylic acid groups (broad SMARTS) is 1. The molecule has 4 heteroatoms. The molecule has 82 valence electrons. The Morgan fingerprint density at radius 1 is 1.31 bits per heavy atom. The van der Waals surface area contributed by atoms with Crippen molar-refractivity contribution in [3.8, 4) is 0 Å². The number of aromatic amines is 1. The SMILES string of the molecule is Cc1ccc2[nH]c(=O)c(C(=O)O)cc2c1C. The zero-order valence-corrected chi connectivity index (χ0v) is 9.00. The monoisotopic (exact) mass is 217 g/mol. The van der Waals surface area contributed by atoms with E-state index in [4.69, 9.17) is 5.11 Å². The first-order valence-corrected chi connectivity index (χ1v) is 4.87. The van der Waals surface area contributed by atoms with Gasteiger partial charge in [0.25, 0.3) is 5.56 Å². The van der Waals surface area contributed by atoms with E-state index in [0.717, 1.165) is 16.5 Å².